The van der Waals surface area contributed by atoms with Gasteiger partial charge in [-0.2, -0.15) is 5.10 Å². The molecule has 4 aromatic rings. The molecule has 0 aliphatic heterocycles. The van der Waals surface area contributed by atoms with Crippen LogP contribution in [-0.4, -0.2) is 31.0 Å². The van der Waals surface area contributed by atoms with Crippen molar-refractivity contribution >= 4 is 34.4 Å². The second kappa shape index (κ2) is 9.82. The van der Waals surface area contributed by atoms with Crippen molar-refractivity contribution in [2.75, 3.05) is 11.1 Å². The summed E-state index contributed by atoms with van der Waals surface area (Å²) < 4.78 is 3.39. The van der Waals surface area contributed by atoms with Gasteiger partial charge in [-0.05, 0) is 37.6 Å². The van der Waals surface area contributed by atoms with Crippen LogP contribution >= 0.6 is 11.8 Å². The van der Waals surface area contributed by atoms with Crippen LogP contribution in [0.4, 0.5) is 5.82 Å². The molecule has 4 rings (SSSR count). The van der Waals surface area contributed by atoms with Crippen molar-refractivity contribution < 1.29 is 4.79 Å². The average molecular weight is 448 g/mol. The van der Waals surface area contributed by atoms with Gasteiger partial charge in [0.25, 0.3) is 5.56 Å². The van der Waals surface area contributed by atoms with Crippen LogP contribution in [0.1, 0.15) is 25.5 Å². The van der Waals surface area contributed by atoms with E-state index in [0.717, 1.165) is 24.2 Å². The third-order valence-electron chi connectivity index (χ3n) is 4.99. The molecular formula is C24H25N5O2S. The highest BCUT2D eigenvalue weighted by atomic mass is 32.2. The Balaban J connectivity index is 1.54. The number of fused-ring (bicyclic) bond motifs is 1. The summed E-state index contributed by atoms with van der Waals surface area (Å²) in [5.74, 6) is 0.557. The molecule has 7 nitrogen and oxygen atoms in total. The molecule has 0 spiro atoms. The number of aromatic nitrogens is 4. The topological polar surface area (TPSA) is 81.8 Å². The predicted molar refractivity (Wildman–Crippen MR) is 129 cm³/mol. The molecule has 0 atom stereocenters. The highest BCUT2D eigenvalue weighted by molar-refractivity contribution is 7.99. The molecule has 0 saturated carbocycles. The number of aryl methyl sites for hydroxylation is 1. The summed E-state index contributed by atoms with van der Waals surface area (Å²) in [4.78, 5) is 30.4. The zero-order chi connectivity index (χ0) is 22.5. The number of anilines is 1. The number of hydrogen-bond acceptors (Lipinski definition) is 5. The van der Waals surface area contributed by atoms with E-state index in [1.807, 2.05) is 61.5 Å². The fourth-order valence-corrected chi connectivity index (χ4v) is 4.26. The standard InChI is InChI=1S/C24H25N5O2S/c1-3-4-14-28-23(31)19-12-8-9-13-20(19)25-24(28)32-16-22(30)26-21-15-17(2)27-29(21)18-10-6-5-7-11-18/h5-13,15H,3-4,14,16H2,1-2H3,(H,26,30). The minimum atomic E-state index is -0.184. The van der Waals surface area contributed by atoms with E-state index in [1.165, 1.54) is 11.8 Å². The van der Waals surface area contributed by atoms with E-state index in [0.29, 0.717) is 28.4 Å². The lowest BCUT2D eigenvalue weighted by Gasteiger charge is -2.13. The molecule has 8 heteroatoms. The number of carbonyl (C=O) groups excluding carboxylic acids is 1. The van der Waals surface area contributed by atoms with Gasteiger partial charge in [0.15, 0.2) is 5.16 Å². The van der Waals surface area contributed by atoms with E-state index < -0.39 is 0 Å². The SMILES string of the molecule is CCCCn1c(SCC(=O)Nc2cc(C)nn2-c2ccccc2)nc2ccccc2c1=O. The van der Waals surface area contributed by atoms with Gasteiger partial charge in [-0.1, -0.05) is 55.4 Å². The van der Waals surface area contributed by atoms with Gasteiger partial charge < -0.3 is 5.32 Å². The van der Waals surface area contributed by atoms with Crippen LogP contribution in [0, 0.1) is 6.92 Å². The largest absolute Gasteiger partial charge is 0.310 e. The lowest BCUT2D eigenvalue weighted by molar-refractivity contribution is -0.113. The number of nitrogens with zero attached hydrogens (tertiary/aromatic N) is 4. The van der Waals surface area contributed by atoms with E-state index in [1.54, 1.807) is 15.3 Å². The van der Waals surface area contributed by atoms with Gasteiger partial charge in [0.2, 0.25) is 5.91 Å². The number of benzene rings is 2. The number of carbonyl (C=O) groups is 1. The van der Waals surface area contributed by atoms with Crippen LogP contribution in [0.2, 0.25) is 0 Å². The molecule has 0 aliphatic rings. The first-order valence-electron chi connectivity index (χ1n) is 10.6. The third-order valence-corrected chi connectivity index (χ3v) is 5.97. The fraction of sp³-hybridized carbons (Fsp3) is 0.250. The molecule has 2 heterocycles. The molecule has 164 valence electrons. The third kappa shape index (κ3) is 4.75. The van der Waals surface area contributed by atoms with Crippen molar-refractivity contribution in [2.24, 2.45) is 0 Å². The number of unbranched alkanes of at least 4 members (excludes halogenated alkanes) is 1. The molecule has 0 saturated heterocycles. The number of amides is 1. The van der Waals surface area contributed by atoms with Crippen molar-refractivity contribution in [3.8, 4) is 5.69 Å². The molecule has 1 N–H and O–H groups in total. The average Bonchev–Trinajstić information content (AvgIpc) is 3.17. The van der Waals surface area contributed by atoms with Crippen LogP contribution in [-0.2, 0) is 11.3 Å². The Morgan fingerprint density at radius 2 is 1.84 bits per heavy atom. The minimum Gasteiger partial charge on any atom is -0.310 e. The van der Waals surface area contributed by atoms with Crippen LogP contribution in [0.25, 0.3) is 16.6 Å². The zero-order valence-corrected chi connectivity index (χ0v) is 18.9. The second-order valence-electron chi connectivity index (χ2n) is 7.48. The van der Waals surface area contributed by atoms with Gasteiger partial charge in [0.05, 0.1) is 28.0 Å². The fourth-order valence-electron chi connectivity index (χ4n) is 3.43. The first-order valence-corrected chi connectivity index (χ1v) is 11.6. The summed E-state index contributed by atoms with van der Waals surface area (Å²) in [7, 11) is 0. The summed E-state index contributed by atoms with van der Waals surface area (Å²) in [5.41, 5.74) is 2.25. The Labute approximate surface area is 190 Å². The lowest BCUT2D eigenvalue weighted by atomic mass is 10.2. The quantitative estimate of drug-likeness (QED) is 0.319. The molecule has 1 amide bonds. The Morgan fingerprint density at radius 1 is 1.09 bits per heavy atom. The normalized spacial score (nSPS) is 11.1. The van der Waals surface area contributed by atoms with Crippen LogP contribution in [0.3, 0.4) is 0 Å². The molecule has 0 aliphatic carbocycles. The van der Waals surface area contributed by atoms with Crippen LogP contribution in [0.15, 0.2) is 70.6 Å². The molecule has 0 bridgehead atoms. The Morgan fingerprint density at radius 3 is 2.62 bits per heavy atom. The number of thioether (sulfide) groups is 1. The predicted octanol–water partition coefficient (Wildman–Crippen LogP) is 4.42. The van der Waals surface area contributed by atoms with Gasteiger partial charge in [-0.3, -0.25) is 14.2 Å². The van der Waals surface area contributed by atoms with Gasteiger partial charge in [-0.15, -0.1) is 0 Å². The summed E-state index contributed by atoms with van der Waals surface area (Å²) in [6, 6.07) is 18.8. The van der Waals surface area contributed by atoms with E-state index in [4.69, 9.17) is 0 Å². The van der Waals surface area contributed by atoms with E-state index >= 15 is 0 Å². The minimum absolute atomic E-state index is 0.0651. The van der Waals surface area contributed by atoms with E-state index in [2.05, 4.69) is 22.3 Å². The van der Waals surface area contributed by atoms with E-state index in [9.17, 15) is 9.59 Å². The zero-order valence-electron chi connectivity index (χ0n) is 18.1. The van der Waals surface area contributed by atoms with Crippen LogP contribution < -0.4 is 10.9 Å². The molecular weight excluding hydrogens is 422 g/mol. The first-order chi connectivity index (χ1) is 15.6. The number of rotatable bonds is 8. The smallest absolute Gasteiger partial charge is 0.262 e. The second-order valence-corrected chi connectivity index (χ2v) is 8.42. The Bertz CT molecular complexity index is 1300. The monoisotopic (exact) mass is 447 g/mol. The Hall–Kier alpha value is -3.39. The molecule has 0 radical (unpaired) electrons. The summed E-state index contributed by atoms with van der Waals surface area (Å²) in [5, 5.41) is 8.58. The maximum atomic E-state index is 13.0. The highest BCUT2D eigenvalue weighted by Gasteiger charge is 2.15. The molecule has 2 aromatic heterocycles. The maximum Gasteiger partial charge on any atom is 0.262 e. The van der Waals surface area contributed by atoms with Crippen molar-refractivity contribution in [3.05, 3.63) is 76.7 Å². The van der Waals surface area contributed by atoms with Crippen molar-refractivity contribution in [3.63, 3.8) is 0 Å². The Kier molecular flexibility index (Phi) is 6.70. The van der Waals surface area contributed by atoms with Gasteiger partial charge in [-0.25, -0.2) is 9.67 Å². The van der Waals surface area contributed by atoms with Gasteiger partial charge >= 0.3 is 0 Å². The van der Waals surface area contributed by atoms with Crippen molar-refractivity contribution in [2.45, 2.75) is 38.4 Å². The molecule has 0 unspecified atom stereocenters. The lowest BCUT2D eigenvalue weighted by Crippen LogP contribution is -2.24. The van der Waals surface area contributed by atoms with Gasteiger partial charge in [0.1, 0.15) is 5.82 Å². The molecule has 32 heavy (non-hydrogen) atoms. The number of hydrogen-bond donors (Lipinski definition) is 1. The molecule has 2 aromatic carbocycles. The molecule has 0 fully saturated rings. The number of para-hydroxylation sites is 2. The number of nitrogens with one attached hydrogen (secondary N) is 1. The summed E-state index contributed by atoms with van der Waals surface area (Å²) >= 11 is 1.27. The summed E-state index contributed by atoms with van der Waals surface area (Å²) in [6.45, 7) is 4.55. The first kappa shape index (κ1) is 21.8. The summed E-state index contributed by atoms with van der Waals surface area (Å²) in [6.07, 6.45) is 1.84. The maximum absolute atomic E-state index is 13.0. The van der Waals surface area contributed by atoms with Gasteiger partial charge in [0, 0.05) is 12.6 Å². The highest BCUT2D eigenvalue weighted by Crippen LogP contribution is 2.20. The van der Waals surface area contributed by atoms with Crippen LogP contribution in [0.5, 0.6) is 0 Å². The van der Waals surface area contributed by atoms with Crippen molar-refractivity contribution in [1.29, 1.82) is 0 Å². The van der Waals surface area contributed by atoms with Crippen molar-refractivity contribution in [1.82, 2.24) is 19.3 Å². The van der Waals surface area contributed by atoms with E-state index in [-0.39, 0.29) is 17.2 Å².